The van der Waals surface area contributed by atoms with Gasteiger partial charge in [0.1, 0.15) is 11.4 Å². The zero-order chi connectivity index (χ0) is 16.0. The summed E-state index contributed by atoms with van der Waals surface area (Å²) in [6.07, 6.45) is 0.917. The minimum Gasteiger partial charge on any atom is -0.494 e. The van der Waals surface area contributed by atoms with Gasteiger partial charge in [0.25, 0.3) is 5.91 Å². The maximum atomic E-state index is 12.2. The van der Waals surface area contributed by atoms with E-state index in [4.69, 9.17) is 4.74 Å². The monoisotopic (exact) mass is 319 g/mol. The first-order chi connectivity index (χ1) is 10.5. The highest BCUT2D eigenvalue weighted by Crippen LogP contribution is 2.24. The van der Waals surface area contributed by atoms with Crippen molar-refractivity contribution in [3.8, 4) is 5.75 Å². The number of rotatable bonds is 7. The normalized spacial score (nSPS) is 13.4. The van der Waals surface area contributed by atoms with Crippen LogP contribution < -0.4 is 10.1 Å². The number of benzene rings is 1. The summed E-state index contributed by atoms with van der Waals surface area (Å²) >= 11 is 1.47. The van der Waals surface area contributed by atoms with E-state index in [0.29, 0.717) is 17.9 Å². The number of thiophene rings is 1. The molecule has 0 spiro atoms. The highest BCUT2D eigenvalue weighted by molar-refractivity contribution is 7.10. The molecule has 118 valence electrons. The largest absolute Gasteiger partial charge is 0.494 e. The number of hydrogen-bond donors (Lipinski definition) is 2. The molecule has 0 saturated heterocycles. The van der Waals surface area contributed by atoms with Crippen LogP contribution in [0.15, 0.2) is 41.8 Å². The number of hydrogen-bond acceptors (Lipinski definition) is 4. The number of carbonyl (C=O) groups excluding carboxylic acids is 1. The summed E-state index contributed by atoms with van der Waals surface area (Å²) in [5.41, 5.74) is -0.546. The zero-order valence-corrected chi connectivity index (χ0v) is 13.7. The van der Waals surface area contributed by atoms with Crippen LogP contribution in [0, 0.1) is 0 Å². The molecule has 2 aromatic rings. The van der Waals surface area contributed by atoms with Crippen molar-refractivity contribution in [3.05, 3.63) is 52.2 Å². The molecule has 5 heteroatoms. The van der Waals surface area contributed by atoms with Gasteiger partial charge in [-0.2, -0.15) is 0 Å². The third-order valence-electron chi connectivity index (χ3n) is 3.21. The second-order valence-electron chi connectivity index (χ2n) is 5.31. The Morgan fingerprint density at radius 3 is 2.86 bits per heavy atom. The molecule has 2 rings (SSSR count). The number of aliphatic hydroxyl groups is 1. The fourth-order valence-corrected chi connectivity index (χ4v) is 2.76. The van der Waals surface area contributed by atoms with Gasteiger partial charge >= 0.3 is 0 Å². The van der Waals surface area contributed by atoms with Gasteiger partial charge in [-0.1, -0.05) is 19.1 Å². The van der Waals surface area contributed by atoms with E-state index >= 15 is 0 Å². The van der Waals surface area contributed by atoms with Crippen molar-refractivity contribution in [2.75, 3.05) is 13.2 Å². The number of amides is 1. The third-order valence-corrected chi connectivity index (χ3v) is 4.34. The Morgan fingerprint density at radius 1 is 1.36 bits per heavy atom. The molecule has 0 aliphatic carbocycles. The SMILES string of the molecule is CCCOc1cccc(C(=O)NCC(C)(O)c2cccs2)c1. The fraction of sp³-hybridized carbons (Fsp3) is 0.353. The van der Waals surface area contributed by atoms with Crippen molar-refractivity contribution in [1.29, 1.82) is 0 Å². The standard InChI is InChI=1S/C17H21NO3S/c1-3-9-21-14-7-4-6-13(11-14)16(19)18-12-17(2,20)15-8-5-10-22-15/h4-8,10-11,20H,3,9,12H2,1-2H3,(H,18,19). The van der Waals surface area contributed by atoms with Gasteiger partial charge in [-0.25, -0.2) is 0 Å². The molecule has 0 fully saturated rings. The van der Waals surface area contributed by atoms with Crippen molar-refractivity contribution >= 4 is 17.2 Å². The van der Waals surface area contributed by atoms with Gasteiger partial charge in [0.15, 0.2) is 0 Å². The molecule has 0 radical (unpaired) electrons. The van der Waals surface area contributed by atoms with Crippen molar-refractivity contribution in [2.45, 2.75) is 25.9 Å². The summed E-state index contributed by atoms with van der Waals surface area (Å²) in [5, 5.41) is 15.1. The molecule has 0 saturated carbocycles. The topological polar surface area (TPSA) is 58.6 Å². The quantitative estimate of drug-likeness (QED) is 0.824. The molecule has 1 aromatic heterocycles. The smallest absolute Gasteiger partial charge is 0.251 e. The van der Waals surface area contributed by atoms with Crippen LogP contribution in [0.4, 0.5) is 0 Å². The molecule has 1 aromatic carbocycles. The van der Waals surface area contributed by atoms with Crippen LogP contribution in [-0.2, 0) is 5.60 Å². The van der Waals surface area contributed by atoms with E-state index in [1.54, 1.807) is 25.1 Å². The van der Waals surface area contributed by atoms with Gasteiger partial charge in [0.05, 0.1) is 13.2 Å². The Balaban J connectivity index is 1.97. The Kier molecular flexibility index (Phi) is 5.57. The lowest BCUT2D eigenvalue weighted by molar-refractivity contribution is 0.0556. The minimum atomic E-state index is -1.07. The van der Waals surface area contributed by atoms with Gasteiger partial charge in [0, 0.05) is 10.4 Å². The van der Waals surface area contributed by atoms with Gasteiger partial charge in [-0.15, -0.1) is 11.3 Å². The lowest BCUT2D eigenvalue weighted by Crippen LogP contribution is -2.38. The lowest BCUT2D eigenvalue weighted by atomic mass is 10.0. The second kappa shape index (κ2) is 7.42. The van der Waals surface area contributed by atoms with Crippen LogP contribution in [0.5, 0.6) is 5.75 Å². The Hall–Kier alpha value is -1.85. The van der Waals surface area contributed by atoms with E-state index < -0.39 is 5.60 Å². The van der Waals surface area contributed by atoms with Crippen LogP contribution in [0.25, 0.3) is 0 Å². The van der Waals surface area contributed by atoms with E-state index in [1.807, 2.05) is 30.5 Å². The predicted molar refractivity (Wildman–Crippen MR) is 88.5 cm³/mol. The average molecular weight is 319 g/mol. The van der Waals surface area contributed by atoms with Gasteiger partial charge in [-0.05, 0) is 43.0 Å². The van der Waals surface area contributed by atoms with Crippen LogP contribution in [-0.4, -0.2) is 24.2 Å². The number of nitrogens with one attached hydrogen (secondary N) is 1. The van der Waals surface area contributed by atoms with E-state index in [-0.39, 0.29) is 12.5 Å². The summed E-state index contributed by atoms with van der Waals surface area (Å²) < 4.78 is 5.52. The highest BCUT2D eigenvalue weighted by atomic mass is 32.1. The maximum Gasteiger partial charge on any atom is 0.251 e. The molecule has 4 nitrogen and oxygen atoms in total. The number of ether oxygens (including phenoxy) is 1. The molecule has 0 bridgehead atoms. The number of carbonyl (C=O) groups is 1. The van der Waals surface area contributed by atoms with E-state index in [1.165, 1.54) is 11.3 Å². The van der Waals surface area contributed by atoms with Gasteiger partial charge in [-0.3, -0.25) is 4.79 Å². The Bertz CT molecular complexity index is 608. The molecule has 0 aliphatic heterocycles. The molecular weight excluding hydrogens is 298 g/mol. The lowest BCUT2D eigenvalue weighted by Gasteiger charge is -2.22. The maximum absolute atomic E-state index is 12.2. The van der Waals surface area contributed by atoms with Crippen LogP contribution in [0.1, 0.15) is 35.5 Å². The molecule has 0 aliphatic rings. The van der Waals surface area contributed by atoms with E-state index in [9.17, 15) is 9.90 Å². The fourth-order valence-electron chi connectivity index (χ4n) is 1.97. The summed E-state index contributed by atoms with van der Waals surface area (Å²) in [5.74, 6) is 0.457. The van der Waals surface area contributed by atoms with Crippen LogP contribution >= 0.6 is 11.3 Å². The first-order valence-electron chi connectivity index (χ1n) is 7.30. The molecule has 1 amide bonds. The Morgan fingerprint density at radius 2 is 2.18 bits per heavy atom. The molecule has 2 N–H and O–H groups in total. The van der Waals surface area contributed by atoms with Gasteiger partial charge in [0.2, 0.25) is 0 Å². The molecule has 1 heterocycles. The zero-order valence-electron chi connectivity index (χ0n) is 12.8. The van der Waals surface area contributed by atoms with Crippen molar-refractivity contribution in [3.63, 3.8) is 0 Å². The summed E-state index contributed by atoms with van der Waals surface area (Å²) in [6.45, 7) is 4.51. The minimum absolute atomic E-state index is 0.159. The summed E-state index contributed by atoms with van der Waals surface area (Å²) in [4.78, 5) is 13.0. The van der Waals surface area contributed by atoms with Crippen molar-refractivity contribution in [2.24, 2.45) is 0 Å². The molecule has 22 heavy (non-hydrogen) atoms. The van der Waals surface area contributed by atoms with Gasteiger partial charge < -0.3 is 15.2 Å². The molecular formula is C17H21NO3S. The summed E-state index contributed by atoms with van der Waals surface area (Å²) in [7, 11) is 0. The second-order valence-corrected chi connectivity index (χ2v) is 6.26. The highest BCUT2D eigenvalue weighted by Gasteiger charge is 2.25. The van der Waals surface area contributed by atoms with E-state index in [0.717, 1.165) is 11.3 Å². The van der Waals surface area contributed by atoms with Crippen LogP contribution in [0.2, 0.25) is 0 Å². The Labute approximate surface area is 134 Å². The summed E-state index contributed by atoms with van der Waals surface area (Å²) in [6, 6.07) is 10.8. The predicted octanol–water partition coefficient (Wildman–Crippen LogP) is 3.17. The average Bonchev–Trinajstić information content (AvgIpc) is 3.06. The van der Waals surface area contributed by atoms with Crippen molar-refractivity contribution in [1.82, 2.24) is 5.32 Å². The van der Waals surface area contributed by atoms with Crippen molar-refractivity contribution < 1.29 is 14.6 Å². The van der Waals surface area contributed by atoms with Crippen LogP contribution in [0.3, 0.4) is 0 Å². The van der Waals surface area contributed by atoms with E-state index in [2.05, 4.69) is 5.32 Å². The molecule has 1 unspecified atom stereocenters. The third kappa shape index (κ3) is 4.32. The first kappa shape index (κ1) is 16.5. The first-order valence-corrected chi connectivity index (χ1v) is 8.18. The molecule has 1 atom stereocenters.